The first-order valence-corrected chi connectivity index (χ1v) is 10.2. The first kappa shape index (κ1) is 18.6. The Labute approximate surface area is 157 Å². The van der Waals surface area contributed by atoms with E-state index in [1.54, 1.807) is 7.11 Å². The summed E-state index contributed by atoms with van der Waals surface area (Å²) in [7, 11) is 0.745. The van der Waals surface area contributed by atoms with Gasteiger partial charge >= 0.3 is 0 Å². The number of benzene rings is 3. The molecule has 3 aromatic rings. The second-order valence-electron chi connectivity index (χ2n) is 6.50. The summed E-state index contributed by atoms with van der Waals surface area (Å²) in [5.41, 5.74) is 4.21. The fraction of sp³-hybridized carbons (Fsp3) is 0.217. The van der Waals surface area contributed by atoms with E-state index in [1.807, 2.05) is 50.2 Å². The summed E-state index contributed by atoms with van der Waals surface area (Å²) in [6.07, 6.45) is 0. The summed E-state index contributed by atoms with van der Waals surface area (Å²) in [5, 5.41) is 13.9. The molecule has 2 nitrogen and oxygen atoms in total. The van der Waals surface area contributed by atoms with Gasteiger partial charge in [0.25, 0.3) is 0 Å². The minimum absolute atomic E-state index is 0.593. The van der Waals surface area contributed by atoms with Gasteiger partial charge in [0.2, 0.25) is 0 Å². The van der Waals surface area contributed by atoms with Crippen molar-refractivity contribution >= 4 is 18.5 Å². The van der Waals surface area contributed by atoms with Gasteiger partial charge < -0.3 is 9.84 Å². The number of ether oxygens (including phenoxy) is 1. The summed E-state index contributed by atoms with van der Waals surface area (Å²) < 4.78 is 5.61. The minimum atomic E-state index is -0.948. The third kappa shape index (κ3) is 3.53. The van der Waals surface area contributed by atoms with E-state index in [2.05, 4.69) is 37.3 Å². The molecule has 0 saturated carbocycles. The van der Waals surface area contributed by atoms with Crippen LogP contribution in [0.4, 0.5) is 0 Å². The Hall–Kier alpha value is -2.15. The lowest BCUT2D eigenvalue weighted by atomic mass is 9.99. The van der Waals surface area contributed by atoms with E-state index in [4.69, 9.17) is 4.74 Å². The van der Waals surface area contributed by atoms with E-state index in [0.717, 1.165) is 28.0 Å². The molecule has 0 aliphatic carbocycles. The molecule has 0 bridgehead atoms. The van der Waals surface area contributed by atoms with Crippen LogP contribution in [0, 0.1) is 20.8 Å². The van der Waals surface area contributed by atoms with E-state index in [-0.39, 0.29) is 0 Å². The number of hydrogen-bond donors (Lipinski definition) is 1. The zero-order valence-corrected chi connectivity index (χ0v) is 16.6. The molecule has 1 N–H and O–H groups in total. The number of aliphatic hydroxyl groups excluding tert-OH is 1. The molecular formula is C23H25O2P. The van der Waals surface area contributed by atoms with Crippen LogP contribution in [0.1, 0.15) is 28.1 Å². The van der Waals surface area contributed by atoms with Crippen LogP contribution < -0.4 is 15.3 Å². The first-order chi connectivity index (χ1) is 12.5. The quantitative estimate of drug-likeness (QED) is 0.663. The van der Waals surface area contributed by atoms with Crippen molar-refractivity contribution in [1.29, 1.82) is 0 Å². The summed E-state index contributed by atoms with van der Waals surface area (Å²) in [6, 6.07) is 22.7. The van der Waals surface area contributed by atoms with Gasteiger partial charge in [-0.25, -0.2) is 0 Å². The SMILES string of the molecule is COc1c(C)cc(C)c(C(O)P(c2ccccc2)c2ccccc2)c1C. The van der Waals surface area contributed by atoms with Crippen molar-refractivity contribution in [3.8, 4) is 5.75 Å². The zero-order valence-electron chi connectivity index (χ0n) is 15.7. The summed E-state index contributed by atoms with van der Waals surface area (Å²) in [4.78, 5) is 0. The molecule has 0 heterocycles. The fourth-order valence-corrected chi connectivity index (χ4v) is 6.14. The maximum Gasteiger partial charge on any atom is 0.125 e. The largest absolute Gasteiger partial charge is 0.496 e. The van der Waals surface area contributed by atoms with E-state index in [0.29, 0.717) is 0 Å². The highest BCUT2D eigenvalue weighted by molar-refractivity contribution is 7.73. The third-order valence-corrected chi connectivity index (χ3v) is 7.19. The average molecular weight is 364 g/mol. The molecule has 0 fully saturated rings. The monoisotopic (exact) mass is 364 g/mol. The van der Waals surface area contributed by atoms with E-state index in [1.165, 1.54) is 10.6 Å². The number of methoxy groups -OCH3 is 1. The molecule has 1 unspecified atom stereocenters. The van der Waals surface area contributed by atoms with Crippen molar-refractivity contribution < 1.29 is 9.84 Å². The Morgan fingerprint density at radius 2 is 1.31 bits per heavy atom. The lowest BCUT2D eigenvalue weighted by molar-refractivity contribution is 0.263. The van der Waals surface area contributed by atoms with Crippen LogP contribution >= 0.6 is 7.92 Å². The van der Waals surface area contributed by atoms with Gasteiger partial charge in [-0.3, -0.25) is 0 Å². The maximum atomic E-state index is 11.5. The lowest BCUT2D eigenvalue weighted by Crippen LogP contribution is -2.18. The van der Waals surface area contributed by atoms with Gasteiger partial charge in [0.15, 0.2) is 0 Å². The first-order valence-electron chi connectivity index (χ1n) is 8.76. The van der Waals surface area contributed by atoms with E-state index >= 15 is 0 Å². The molecule has 3 aromatic carbocycles. The molecule has 0 aliphatic heterocycles. The number of aryl methyl sites for hydroxylation is 2. The summed E-state index contributed by atoms with van der Waals surface area (Å²) >= 11 is 0. The zero-order chi connectivity index (χ0) is 18.7. The van der Waals surface area contributed by atoms with Crippen molar-refractivity contribution in [3.63, 3.8) is 0 Å². The molecule has 0 radical (unpaired) electrons. The Balaban J connectivity index is 2.17. The van der Waals surface area contributed by atoms with Gasteiger partial charge in [-0.2, -0.15) is 0 Å². The Morgan fingerprint density at radius 1 is 0.808 bits per heavy atom. The molecule has 0 amide bonds. The molecule has 0 aliphatic rings. The third-order valence-electron chi connectivity index (χ3n) is 4.74. The van der Waals surface area contributed by atoms with Gasteiger partial charge in [-0.1, -0.05) is 66.7 Å². The van der Waals surface area contributed by atoms with Crippen LogP contribution in [-0.2, 0) is 0 Å². The van der Waals surface area contributed by atoms with Crippen molar-refractivity contribution in [2.45, 2.75) is 26.6 Å². The van der Waals surface area contributed by atoms with Gasteiger partial charge in [-0.05, 0) is 61.6 Å². The van der Waals surface area contributed by atoms with Gasteiger partial charge in [0.05, 0.1) is 7.11 Å². The standard InChI is InChI=1S/C23H25O2P/c1-16-15-17(2)22(25-4)18(3)21(16)23(24)26(19-11-7-5-8-12-19)20-13-9-6-10-14-20/h5-15,23-24H,1-4H3. The van der Waals surface area contributed by atoms with E-state index in [9.17, 15) is 5.11 Å². The smallest absolute Gasteiger partial charge is 0.125 e. The van der Waals surface area contributed by atoms with Gasteiger partial charge in [-0.15, -0.1) is 0 Å². The average Bonchev–Trinajstić information content (AvgIpc) is 2.64. The van der Waals surface area contributed by atoms with Crippen LogP contribution in [0.15, 0.2) is 66.7 Å². The highest BCUT2D eigenvalue weighted by Crippen LogP contribution is 2.50. The van der Waals surface area contributed by atoms with Crippen molar-refractivity contribution in [2.75, 3.05) is 7.11 Å². The molecular weight excluding hydrogens is 339 g/mol. The highest BCUT2D eigenvalue weighted by atomic mass is 31.1. The van der Waals surface area contributed by atoms with Gasteiger partial charge in [0, 0.05) is 0 Å². The second kappa shape index (κ2) is 8.03. The predicted octanol–water partition coefficient (Wildman–Crippen LogP) is 4.74. The molecule has 0 spiro atoms. The molecule has 3 heteroatoms. The maximum absolute atomic E-state index is 11.5. The van der Waals surface area contributed by atoms with Crippen LogP contribution in [0.3, 0.4) is 0 Å². The molecule has 1 atom stereocenters. The number of aliphatic hydroxyl groups is 1. The highest BCUT2D eigenvalue weighted by Gasteiger charge is 2.28. The topological polar surface area (TPSA) is 29.5 Å². The number of hydrogen-bond acceptors (Lipinski definition) is 2. The van der Waals surface area contributed by atoms with Crippen LogP contribution in [-0.4, -0.2) is 12.2 Å². The molecule has 3 rings (SSSR count). The Kier molecular flexibility index (Phi) is 5.76. The molecule has 0 aromatic heterocycles. The summed E-state index contributed by atoms with van der Waals surface area (Å²) in [6.45, 7) is 6.16. The molecule has 0 saturated heterocycles. The second-order valence-corrected chi connectivity index (χ2v) is 8.76. The Bertz CT molecular complexity index is 836. The van der Waals surface area contributed by atoms with Crippen molar-refractivity contribution in [3.05, 3.63) is 89.0 Å². The predicted molar refractivity (Wildman–Crippen MR) is 111 cm³/mol. The normalized spacial score (nSPS) is 12.2. The lowest BCUT2D eigenvalue weighted by Gasteiger charge is -2.28. The fourth-order valence-electron chi connectivity index (χ4n) is 3.63. The van der Waals surface area contributed by atoms with Crippen molar-refractivity contribution in [2.24, 2.45) is 0 Å². The Morgan fingerprint density at radius 3 is 1.77 bits per heavy atom. The summed E-state index contributed by atoms with van der Waals surface area (Å²) in [5.74, 6) is 0.269. The number of rotatable bonds is 5. The van der Waals surface area contributed by atoms with Crippen LogP contribution in [0.25, 0.3) is 0 Å². The van der Waals surface area contributed by atoms with E-state index < -0.39 is 13.8 Å². The molecule has 26 heavy (non-hydrogen) atoms. The molecule has 134 valence electrons. The van der Waals surface area contributed by atoms with Gasteiger partial charge in [0.1, 0.15) is 11.6 Å². The minimum Gasteiger partial charge on any atom is -0.496 e. The van der Waals surface area contributed by atoms with Crippen LogP contribution in [0.2, 0.25) is 0 Å². The van der Waals surface area contributed by atoms with Crippen molar-refractivity contribution in [1.82, 2.24) is 0 Å². The van der Waals surface area contributed by atoms with Crippen LogP contribution in [0.5, 0.6) is 5.75 Å².